The lowest BCUT2D eigenvalue weighted by Gasteiger charge is -2.64. The number of hydrogen-bond donors (Lipinski definition) is 4. The highest BCUT2D eigenvalue weighted by Gasteiger charge is 2.70. The Hall–Kier alpha value is -0.420. The molecule has 4 N–H and O–H groups in total. The maximum atomic E-state index is 12.4. The maximum Gasteiger partial charge on any atom is 0.103 e. The Kier molecular flexibility index (Phi) is 5.97. The molecule has 0 aromatic rings. The van der Waals surface area contributed by atoms with Crippen LogP contribution in [0, 0.1) is 57.7 Å². The second-order valence-electron chi connectivity index (χ2n) is 14.3. The highest BCUT2D eigenvalue weighted by Crippen LogP contribution is 2.72. The summed E-state index contributed by atoms with van der Waals surface area (Å²) in [6, 6.07) is 0. The Labute approximate surface area is 207 Å². The van der Waals surface area contributed by atoms with Crippen molar-refractivity contribution >= 4 is 0 Å². The Morgan fingerprint density at radius 3 is 2.32 bits per heavy atom. The van der Waals surface area contributed by atoms with Gasteiger partial charge in [-0.05, 0) is 104 Å². The highest BCUT2D eigenvalue weighted by molar-refractivity contribution is 5.32. The Morgan fingerprint density at radius 1 is 0.971 bits per heavy atom. The topological polar surface area (TPSA) is 80.9 Å². The van der Waals surface area contributed by atoms with Gasteiger partial charge in [0.15, 0.2) is 0 Å². The zero-order chi connectivity index (χ0) is 24.8. The predicted octanol–water partition coefficient (Wildman–Crippen LogP) is 4.94. The molecule has 0 bridgehead atoms. The fourth-order valence-corrected chi connectivity index (χ4v) is 10.3. The average molecular weight is 475 g/mol. The zero-order valence-corrected chi connectivity index (χ0v) is 22.4. The van der Waals surface area contributed by atoms with Gasteiger partial charge in [-0.1, -0.05) is 53.2 Å². The van der Waals surface area contributed by atoms with Gasteiger partial charge in [0.2, 0.25) is 0 Å². The van der Waals surface area contributed by atoms with Crippen LogP contribution in [0.3, 0.4) is 0 Å². The van der Waals surface area contributed by atoms with E-state index in [4.69, 9.17) is 0 Å². The molecule has 0 amide bonds. The van der Waals surface area contributed by atoms with Crippen molar-refractivity contribution in [2.75, 3.05) is 6.61 Å². The lowest BCUT2D eigenvalue weighted by molar-refractivity contribution is -0.247. The van der Waals surface area contributed by atoms with Crippen LogP contribution in [0.1, 0.15) is 92.9 Å². The zero-order valence-electron chi connectivity index (χ0n) is 22.4. The van der Waals surface area contributed by atoms with Crippen LogP contribution < -0.4 is 0 Å². The maximum absolute atomic E-state index is 12.4. The van der Waals surface area contributed by atoms with Crippen LogP contribution in [0.4, 0.5) is 0 Å². The standard InChI is InChI=1S/C30H50O4/c1-17(2)18(3)27(4)14-25(27)21(16-31)22-9-10-23-24-8-7-19-13-20(32)11-12-29(19,6)30(24,34)26(33)15-28(22,23)5/h7,17-18,20-26,31-34H,8-16H2,1-6H3/t18-,20+,21+,22?,23?,24?,25-,26-,27-,28-,29+,30+/m1/s1. The molecular formula is C30H50O4. The van der Waals surface area contributed by atoms with Crippen molar-refractivity contribution in [3.63, 3.8) is 0 Å². The molecule has 0 aliphatic heterocycles. The van der Waals surface area contributed by atoms with Gasteiger partial charge in [-0.2, -0.15) is 0 Å². The van der Waals surface area contributed by atoms with E-state index >= 15 is 0 Å². The van der Waals surface area contributed by atoms with Gasteiger partial charge in [-0.3, -0.25) is 0 Å². The lowest BCUT2D eigenvalue weighted by Crippen LogP contribution is -2.69. The first-order valence-electron chi connectivity index (χ1n) is 14.2. The first-order valence-corrected chi connectivity index (χ1v) is 14.2. The molecule has 4 fully saturated rings. The summed E-state index contributed by atoms with van der Waals surface area (Å²) in [6.07, 6.45) is 8.09. The molecule has 4 nitrogen and oxygen atoms in total. The first kappa shape index (κ1) is 25.2. The molecular weight excluding hydrogens is 424 g/mol. The minimum Gasteiger partial charge on any atom is -0.396 e. The minimum atomic E-state index is -1.12. The van der Waals surface area contributed by atoms with Crippen LogP contribution in [0.25, 0.3) is 0 Å². The second-order valence-corrected chi connectivity index (χ2v) is 14.3. The molecule has 4 heteroatoms. The van der Waals surface area contributed by atoms with Crippen LogP contribution in [0.2, 0.25) is 0 Å². The summed E-state index contributed by atoms with van der Waals surface area (Å²) in [6.45, 7) is 14.2. The van der Waals surface area contributed by atoms with E-state index in [0.717, 1.165) is 31.3 Å². The molecule has 0 heterocycles. The van der Waals surface area contributed by atoms with Crippen LogP contribution in [-0.2, 0) is 0 Å². The summed E-state index contributed by atoms with van der Waals surface area (Å²) in [5.41, 5.74) is -0.156. The van der Waals surface area contributed by atoms with Gasteiger partial charge in [-0.15, -0.1) is 0 Å². The van der Waals surface area contributed by atoms with E-state index in [-0.39, 0.29) is 30.0 Å². The van der Waals surface area contributed by atoms with Crippen molar-refractivity contribution in [2.45, 2.75) is 111 Å². The van der Waals surface area contributed by atoms with Crippen molar-refractivity contribution in [1.29, 1.82) is 0 Å². The van der Waals surface area contributed by atoms with Gasteiger partial charge >= 0.3 is 0 Å². The molecule has 12 atom stereocenters. The van der Waals surface area contributed by atoms with Gasteiger partial charge in [0.25, 0.3) is 0 Å². The fraction of sp³-hybridized carbons (Fsp3) is 0.933. The molecule has 5 aliphatic rings. The Morgan fingerprint density at radius 2 is 1.68 bits per heavy atom. The lowest BCUT2D eigenvalue weighted by atomic mass is 9.43. The monoisotopic (exact) mass is 474 g/mol. The van der Waals surface area contributed by atoms with E-state index in [1.54, 1.807) is 0 Å². The smallest absolute Gasteiger partial charge is 0.103 e. The molecule has 0 aromatic carbocycles. The van der Waals surface area contributed by atoms with E-state index in [2.05, 4.69) is 47.6 Å². The van der Waals surface area contributed by atoms with Gasteiger partial charge in [0, 0.05) is 12.0 Å². The number of hydrogen-bond acceptors (Lipinski definition) is 4. The Bertz CT molecular complexity index is 838. The van der Waals surface area contributed by atoms with Gasteiger partial charge in [0.05, 0.1) is 12.2 Å². The van der Waals surface area contributed by atoms with Crippen molar-refractivity contribution < 1.29 is 20.4 Å². The van der Waals surface area contributed by atoms with Crippen LogP contribution in [0.5, 0.6) is 0 Å². The number of allylic oxidation sites excluding steroid dienone is 1. The summed E-state index contributed by atoms with van der Waals surface area (Å²) in [5.74, 6) is 2.95. The third kappa shape index (κ3) is 3.17. The molecule has 0 saturated heterocycles. The quantitative estimate of drug-likeness (QED) is 0.426. The number of rotatable bonds is 5. The molecule has 0 aromatic heterocycles. The molecule has 4 saturated carbocycles. The van der Waals surface area contributed by atoms with E-state index in [1.807, 2.05) is 0 Å². The predicted molar refractivity (Wildman–Crippen MR) is 135 cm³/mol. The second kappa shape index (κ2) is 8.04. The molecule has 0 spiro atoms. The van der Waals surface area contributed by atoms with Crippen LogP contribution in [-0.4, -0.2) is 44.8 Å². The van der Waals surface area contributed by atoms with Gasteiger partial charge in [-0.25, -0.2) is 0 Å². The molecule has 34 heavy (non-hydrogen) atoms. The molecule has 5 aliphatic carbocycles. The first-order chi connectivity index (χ1) is 15.8. The van der Waals surface area contributed by atoms with Gasteiger partial charge in [0.1, 0.15) is 5.60 Å². The van der Waals surface area contributed by atoms with Crippen molar-refractivity contribution in [3.8, 4) is 0 Å². The number of aliphatic hydroxyl groups is 4. The van der Waals surface area contributed by atoms with E-state index < -0.39 is 17.1 Å². The summed E-state index contributed by atoms with van der Waals surface area (Å²) in [4.78, 5) is 0. The Balaban J connectivity index is 1.45. The van der Waals surface area contributed by atoms with Crippen molar-refractivity contribution in [1.82, 2.24) is 0 Å². The van der Waals surface area contributed by atoms with Gasteiger partial charge < -0.3 is 20.4 Å². The van der Waals surface area contributed by atoms with Crippen LogP contribution in [0.15, 0.2) is 11.6 Å². The van der Waals surface area contributed by atoms with E-state index in [0.29, 0.717) is 54.3 Å². The summed E-state index contributed by atoms with van der Waals surface area (Å²) in [5, 5.41) is 45.1. The van der Waals surface area contributed by atoms with Crippen LogP contribution >= 0.6 is 0 Å². The summed E-state index contributed by atoms with van der Waals surface area (Å²) >= 11 is 0. The summed E-state index contributed by atoms with van der Waals surface area (Å²) < 4.78 is 0. The molecule has 0 radical (unpaired) electrons. The molecule has 3 unspecified atom stereocenters. The normalized spacial score (nSPS) is 54.0. The number of fused-ring (bicyclic) bond motifs is 5. The third-order valence-corrected chi connectivity index (χ3v) is 13.0. The SMILES string of the molecule is CC(C)[C@@H](C)[C@@]1(C)C[C@@H]1[C@@H](CO)C1CCC2C3CC=C4C[C@@H](O)CC[C@]4(C)[C@@]3(O)[C@H](O)C[C@@]21C. The number of aliphatic hydroxyl groups excluding tert-OH is 3. The highest BCUT2D eigenvalue weighted by atomic mass is 16.3. The molecule has 194 valence electrons. The third-order valence-electron chi connectivity index (χ3n) is 13.0. The van der Waals surface area contributed by atoms with E-state index in [1.165, 1.54) is 6.42 Å². The fourth-order valence-electron chi connectivity index (χ4n) is 10.3. The minimum absolute atomic E-state index is 0.0507. The van der Waals surface area contributed by atoms with E-state index in [9.17, 15) is 20.4 Å². The molecule has 5 rings (SSSR count). The summed E-state index contributed by atoms with van der Waals surface area (Å²) in [7, 11) is 0. The van der Waals surface area contributed by atoms with Crippen molar-refractivity contribution in [3.05, 3.63) is 11.6 Å². The largest absolute Gasteiger partial charge is 0.396 e. The van der Waals surface area contributed by atoms with Crippen molar-refractivity contribution in [2.24, 2.45) is 57.7 Å². The average Bonchev–Trinajstić information content (AvgIpc) is 3.35.